The van der Waals surface area contributed by atoms with Crippen LogP contribution < -0.4 is 14.2 Å². The van der Waals surface area contributed by atoms with E-state index in [4.69, 9.17) is 19.3 Å². The van der Waals surface area contributed by atoms with E-state index in [1.54, 1.807) is 7.11 Å². The van der Waals surface area contributed by atoms with Gasteiger partial charge in [0.05, 0.1) is 25.5 Å². The molecule has 0 amide bonds. The zero-order chi connectivity index (χ0) is 20.7. The molecule has 0 radical (unpaired) electrons. The van der Waals surface area contributed by atoms with Crippen LogP contribution in [0.4, 0.5) is 0 Å². The van der Waals surface area contributed by atoms with Crippen molar-refractivity contribution in [1.82, 2.24) is 5.01 Å². The van der Waals surface area contributed by atoms with Crippen molar-refractivity contribution in [1.29, 1.82) is 0 Å². The Labute approximate surface area is 178 Å². The molecule has 5 rings (SSSR count). The van der Waals surface area contributed by atoms with Crippen LogP contribution in [0.1, 0.15) is 63.1 Å². The van der Waals surface area contributed by atoms with Gasteiger partial charge in [-0.25, -0.2) is 5.01 Å². The molecule has 2 aromatic carbocycles. The number of rotatable bonds is 4. The van der Waals surface area contributed by atoms with Gasteiger partial charge >= 0.3 is 0 Å². The lowest BCUT2D eigenvalue weighted by Gasteiger charge is -2.50. The molecule has 2 heterocycles. The smallest absolute Gasteiger partial charge is 0.198 e. The number of ether oxygens (including phenoxy) is 3. The highest BCUT2D eigenvalue weighted by molar-refractivity contribution is 6.02. The Morgan fingerprint density at radius 1 is 1.13 bits per heavy atom. The summed E-state index contributed by atoms with van der Waals surface area (Å²) in [6.07, 6.45) is 5.16. The van der Waals surface area contributed by atoms with Crippen molar-refractivity contribution in [3.8, 4) is 17.2 Å². The average molecular weight is 407 g/mol. The summed E-state index contributed by atoms with van der Waals surface area (Å²) >= 11 is 0. The fourth-order valence-corrected chi connectivity index (χ4v) is 5.06. The Hall–Kier alpha value is -2.69. The summed E-state index contributed by atoms with van der Waals surface area (Å²) < 4.78 is 18.0. The topological polar surface area (TPSA) is 43.3 Å². The predicted molar refractivity (Wildman–Crippen MR) is 117 cm³/mol. The molecule has 1 spiro atoms. The predicted octanol–water partition coefficient (Wildman–Crippen LogP) is 5.54. The average Bonchev–Trinajstić information content (AvgIpc) is 3.23. The highest BCUT2D eigenvalue weighted by Crippen LogP contribution is 2.54. The second kappa shape index (κ2) is 7.53. The zero-order valence-corrected chi connectivity index (χ0v) is 18.1. The molecule has 1 fully saturated rings. The first-order valence-electron chi connectivity index (χ1n) is 11.1. The number of hydrogen-bond donors (Lipinski definition) is 0. The Bertz CT molecular complexity index is 945. The van der Waals surface area contributed by atoms with Gasteiger partial charge in [-0.15, -0.1) is 0 Å². The summed E-state index contributed by atoms with van der Waals surface area (Å²) in [6, 6.07) is 14.7. The van der Waals surface area contributed by atoms with E-state index in [1.807, 2.05) is 25.1 Å². The maximum absolute atomic E-state index is 6.75. The molecule has 2 aromatic rings. The molecule has 0 bridgehead atoms. The minimum absolute atomic E-state index is 0.179. The third-order valence-electron chi connectivity index (χ3n) is 6.76. The minimum Gasteiger partial charge on any atom is -0.494 e. The van der Waals surface area contributed by atoms with Crippen molar-refractivity contribution < 1.29 is 14.2 Å². The van der Waals surface area contributed by atoms with Crippen LogP contribution in [0.3, 0.4) is 0 Å². The van der Waals surface area contributed by atoms with Gasteiger partial charge in [-0.05, 0) is 61.6 Å². The SMILES string of the molecule is CCOc1ccc(C2=NN3[C@H](C2)c2cccc(OC)c2OC32CCC(C)CC2)cc1. The Balaban J connectivity index is 1.54. The van der Waals surface area contributed by atoms with E-state index >= 15 is 0 Å². The molecular formula is C25H30N2O3. The summed E-state index contributed by atoms with van der Waals surface area (Å²) in [6.45, 7) is 5.01. The third-order valence-corrected chi connectivity index (χ3v) is 6.76. The summed E-state index contributed by atoms with van der Waals surface area (Å²) in [5.74, 6) is 3.35. The normalized spacial score (nSPS) is 27.2. The number of benzene rings is 2. The van der Waals surface area contributed by atoms with Gasteiger partial charge in [-0.1, -0.05) is 19.1 Å². The van der Waals surface area contributed by atoms with Gasteiger partial charge in [0, 0.05) is 24.8 Å². The summed E-state index contributed by atoms with van der Waals surface area (Å²) in [7, 11) is 1.72. The fourth-order valence-electron chi connectivity index (χ4n) is 5.06. The molecule has 158 valence electrons. The van der Waals surface area contributed by atoms with E-state index in [2.05, 4.69) is 36.2 Å². The molecule has 30 heavy (non-hydrogen) atoms. The van der Waals surface area contributed by atoms with E-state index in [0.717, 1.165) is 66.5 Å². The lowest BCUT2D eigenvalue weighted by Crippen LogP contribution is -2.55. The van der Waals surface area contributed by atoms with Crippen LogP contribution >= 0.6 is 0 Å². The first-order valence-corrected chi connectivity index (χ1v) is 11.1. The molecule has 0 saturated heterocycles. The molecule has 0 aromatic heterocycles. The van der Waals surface area contributed by atoms with Crippen molar-refractivity contribution in [2.45, 2.75) is 57.7 Å². The fraction of sp³-hybridized carbons (Fsp3) is 0.480. The van der Waals surface area contributed by atoms with Crippen molar-refractivity contribution >= 4 is 5.71 Å². The molecule has 1 saturated carbocycles. The molecule has 2 aliphatic heterocycles. The van der Waals surface area contributed by atoms with Crippen molar-refractivity contribution in [2.75, 3.05) is 13.7 Å². The minimum atomic E-state index is -0.383. The molecule has 5 nitrogen and oxygen atoms in total. The van der Waals surface area contributed by atoms with Crippen LogP contribution in [0.5, 0.6) is 17.2 Å². The number of para-hydroxylation sites is 1. The Kier molecular flexibility index (Phi) is 4.84. The molecular weight excluding hydrogens is 376 g/mol. The van der Waals surface area contributed by atoms with Crippen molar-refractivity contribution in [3.63, 3.8) is 0 Å². The van der Waals surface area contributed by atoms with Gasteiger partial charge < -0.3 is 14.2 Å². The van der Waals surface area contributed by atoms with Crippen LogP contribution in [0.2, 0.25) is 0 Å². The van der Waals surface area contributed by atoms with Gasteiger partial charge in [0.15, 0.2) is 17.2 Å². The van der Waals surface area contributed by atoms with E-state index in [-0.39, 0.29) is 11.8 Å². The highest BCUT2D eigenvalue weighted by atomic mass is 16.5. The monoisotopic (exact) mass is 406 g/mol. The maximum Gasteiger partial charge on any atom is 0.198 e. The summed E-state index contributed by atoms with van der Waals surface area (Å²) in [5.41, 5.74) is 3.05. The second-order valence-electron chi connectivity index (χ2n) is 8.68. The molecule has 5 heteroatoms. The van der Waals surface area contributed by atoms with E-state index in [9.17, 15) is 0 Å². The van der Waals surface area contributed by atoms with Gasteiger partial charge in [0.2, 0.25) is 0 Å². The third kappa shape index (κ3) is 3.11. The molecule has 0 N–H and O–H groups in total. The van der Waals surface area contributed by atoms with Crippen molar-refractivity contribution in [2.24, 2.45) is 11.0 Å². The Morgan fingerprint density at radius 3 is 2.60 bits per heavy atom. The summed E-state index contributed by atoms with van der Waals surface area (Å²) in [5, 5.41) is 7.43. The van der Waals surface area contributed by atoms with Crippen LogP contribution in [0.25, 0.3) is 0 Å². The molecule has 1 aliphatic carbocycles. The van der Waals surface area contributed by atoms with Crippen molar-refractivity contribution in [3.05, 3.63) is 53.6 Å². The molecule has 3 aliphatic rings. The number of methoxy groups -OCH3 is 1. The van der Waals surface area contributed by atoms with E-state index in [0.29, 0.717) is 6.61 Å². The Morgan fingerprint density at radius 2 is 1.90 bits per heavy atom. The summed E-state index contributed by atoms with van der Waals surface area (Å²) in [4.78, 5) is 0. The van der Waals surface area contributed by atoms with Crippen LogP contribution in [-0.4, -0.2) is 30.2 Å². The first kappa shape index (κ1) is 19.3. The van der Waals surface area contributed by atoms with Gasteiger partial charge in [-0.2, -0.15) is 5.10 Å². The number of fused-ring (bicyclic) bond motifs is 4. The molecule has 0 unspecified atom stereocenters. The first-order chi connectivity index (χ1) is 14.6. The second-order valence-corrected chi connectivity index (χ2v) is 8.68. The maximum atomic E-state index is 6.75. The van der Waals surface area contributed by atoms with E-state index < -0.39 is 0 Å². The standard InChI is InChI=1S/C25H30N2O3/c1-4-29-19-10-8-18(9-11-19)21-16-22-20-6-5-7-23(28-3)24(20)30-25(27(22)26-21)14-12-17(2)13-15-25/h5-11,17,22H,4,12-16H2,1-3H3/t17?,22-,25?/m1/s1. The van der Waals surface area contributed by atoms with Crippen LogP contribution in [0, 0.1) is 5.92 Å². The zero-order valence-electron chi connectivity index (χ0n) is 18.1. The quantitative estimate of drug-likeness (QED) is 0.668. The molecule has 1 atom stereocenters. The number of hydrogen-bond acceptors (Lipinski definition) is 5. The van der Waals surface area contributed by atoms with Gasteiger partial charge in [-0.3, -0.25) is 0 Å². The van der Waals surface area contributed by atoms with E-state index in [1.165, 1.54) is 5.56 Å². The largest absolute Gasteiger partial charge is 0.494 e. The number of nitrogens with zero attached hydrogens (tertiary/aromatic N) is 2. The lowest BCUT2D eigenvalue weighted by molar-refractivity contribution is -0.146. The highest BCUT2D eigenvalue weighted by Gasteiger charge is 2.52. The van der Waals surface area contributed by atoms with Crippen LogP contribution in [-0.2, 0) is 0 Å². The lowest BCUT2D eigenvalue weighted by atomic mass is 9.82. The van der Waals surface area contributed by atoms with Crippen LogP contribution in [0.15, 0.2) is 47.6 Å². The number of hydrazone groups is 1. The van der Waals surface area contributed by atoms with Gasteiger partial charge in [0.25, 0.3) is 0 Å². The van der Waals surface area contributed by atoms with Gasteiger partial charge in [0.1, 0.15) is 5.75 Å².